The molecule has 5 heteroatoms. The van der Waals surface area contributed by atoms with Crippen LogP contribution in [0.3, 0.4) is 0 Å². The van der Waals surface area contributed by atoms with Crippen molar-refractivity contribution in [1.29, 1.82) is 5.26 Å². The summed E-state index contributed by atoms with van der Waals surface area (Å²) in [6.45, 7) is 0. The van der Waals surface area contributed by atoms with Gasteiger partial charge in [0.2, 0.25) is 0 Å². The fourth-order valence-electron chi connectivity index (χ4n) is 1.89. The van der Waals surface area contributed by atoms with E-state index in [0.717, 1.165) is 21.1 Å². The molecule has 0 fully saturated rings. The minimum absolute atomic E-state index is 0.600. The van der Waals surface area contributed by atoms with Gasteiger partial charge in [0, 0.05) is 10.0 Å². The lowest BCUT2D eigenvalue weighted by atomic mass is 10.2. The number of aromatic amines is 1. The third kappa shape index (κ3) is 2.23. The maximum Gasteiger partial charge on any atom is 0.140 e. The van der Waals surface area contributed by atoms with Crippen molar-refractivity contribution in [2.75, 3.05) is 0 Å². The van der Waals surface area contributed by atoms with Crippen LogP contribution in [-0.2, 0) is 0 Å². The van der Waals surface area contributed by atoms with Gasteiger partial charge in [-0.15, -0.1) is 0 Å². The van der Waals surface area contributed by atoms with Crippen LogP contribution in [0.5, 0.6) is 0 Å². The van der Waals surface area contributed by atoms with Crippen LogP contribution < -0.4 is 0 Å². The van der Waals surface area contributed by atoms with E-state index in [1.54, 1.807) is 12.1 Å². The second kappa shape index (κ2) is 4.69. The minimum Gasteiger partial charge on any atom is -0.338 e. The maximum atomic E-state index is 8.89. The SMILES string of the molecule is N#Cc1ccc2nc(-c3cc(Br)ccc3Cl)[nH]c2c1. The zero-order valence-electron chi connectivity index (χ0n) is 9.61. The molecule has 0 spiro atoms. The van der Waals surface area contributed by atoms with Gasteiger partial charge in [0.15, 0.2) is 0 Å². The predicted octanol–water partition coefficient (Wildman–Crippen LogP) is 4.52. The van der Waals surface area contributed by atoms with Crippen LogP contribution in [0.25, 0.3) is 22.4 Å². The van der Waals surface area contributed by atoms with Crippen molar-refractivity contribution in [3.05, 3.63) is 51.5 Å². The van der Waals surface area contributed by atoms with Gasteiger partial charge >= 0.3 is 0 Å². The molecule has 0 bridgehead atoms. The average molecular weight is 333 g/mol. The summed E-state index contributed by atoms with van der Waals surface area (Å²) in [5, 5.41) is 9.52. The van der Waals surface area contributed by atoms with Gasteiger partial charge in [-0.1, -0.05) is 27.5 Å². The van der Waals surface area contributed by atoms with Crippen LogP contribution in [0.2, 0.25) is 5.02 Å². The number of fused-ring (bicyclic) bond motifs is 1. The first-order valence-electron chi connectivity index (χ1n) is 5.52. The molecule has 1 heterocycles. The van der Waals surface area contributed by atoms with Gasteiger partial charge in [-0.3, -0.25) is 0 Å². The maximum absolute atomic E-state index is 8.89. The average Bonchev–Trinajstić information content (AvgIpc) is 2.83. The number of halogens is 2. The monoisotopic (exact) mass is 331 g/mol. The number of benzene rings is 2. The fraction of sp³-hybridized carbons (Fsp3) is 0. The van der Waals surface area contributed by atoms with Crippen LogP contribution in [-0.4, -0.2) is 9.97 Å². The van der Waals surface area contributed by atoms with E-state index in [0.29, 0.717) is 16.4 Å². The highest BCUT2D eigenvalue weighted by Gasteiger charge is 2.09. The second-order valence-corrected chi connectivity index (χ2v) is 5.38. The van der Waals surface area contributed by atoms with Crippen molar-refractivity contribution in [1.82, 2.24) is 9.97 Å². The Hall–Kier alpha value is -1.83. The lowest BCUT2D eigenvalue weighted by Gasteiger charge is -2.00. The standard InChI is InChI=1S/C14H7BrClN3/c15-9-2-3-11(16)10(6-9)14-18-12-4-1-8(7-17)5-13(12)19-14/h1-6H,(H,18,19). The van der Waals surface area contributed by atoms with Gasteiger partial charge in [-0.2, -0.15) is 5.26 Å². The van der Waals surface area contributed by atoms with Crippen molar-refractivity contribution >= 4 is 38.6 Å². The number of nitrogens with zero attached hydrogens (tertiary/aromatic N) is 2. The third-order valence-corrected chi connectivity index (χ3v) is 3.62. The second-order valence-electron chi connectivity index (χ2n) is 4.05. The lowest BCUT2D eigenvalue weighted by molar-refractivity contribution is 1.33. The molecule has 0 radical (unpaired) electrons. The Labute approximate surface area is 123 Å². The van der Waals surface area contributed by atoms with Crippen molar-refractivity contribution in [3.8, 4) is 17.5 Å². The third-order valence-electron chi connectivity index (χ3n) is 2.79. The van der Waals surface area contributed by atoms with Gasteiger partial charge in [-0.25, -0.2) is 4.98 Å². The number of rotatable bonds is 1. The highest BCUT2D eigenvalue weighted by molar-refractivity contribution is 9.10. The van der Waals surface area contributed by atoms with Crippen molar-refractivity contribution in [2.24, 2.45) is 0 Å². The Bertz CT molecular complexity index is 817. The Kier molecular flexibility index (Phi) is 3.02. The molecule has 1 aromatic heterocycles. The number of imidazole rings is 1. The molecule has 0 unspecified atom stereocenters. The number of hydrogen-bond donors (Lipinski definition) is 1. The number of H-pyrrole nitrogens is 1. The zero-order valence-corrected chi connectivity index (χ0v) is 12.0. The normalized spacial score (nSPS) is 10.6. The molecule has 0 saturated carbocycles. The molecule has 92 valence electrons. The number of hydrogen-bond acceptors (Lipinski definition) is 2. The van der Waals surface area contributed by atoms with E-state index in [9.17, 15) is 0 Å². The summed E-state index contributed by atoms with van der Waals surface area (Å²) in [5.41, 5.74) is 3.06. The van der Waals surface area contributed by atoms with Crippen LogP contribution in [0.1, 0.15) is 5.56 Å². The summed E-state index contributed by atoms with van der Waals surface area (Å²) in [7, 11) is 0. The molecule has 1 N–H and O–H groups in total. The smallest absolute Gasteiger partial charge is 0.140 e. The topological polar surface area (TPSA) is 52.5 Å². The van der Waals surface area contributed by atoms with Gasteiger partial charge in [0.05, 0.1) is 27.7 Å². The highest BCUT2D eigenvalue weighted by Crippen LogP contribution is 2.30. The predicted molar refractivity (Wildman–Crippen MR) is 79.0 cm³/mol. The molecule has 0 amide bonds. The first kappa shape index (κ1) is 12.2. The lowest BCUT2D eigenvalue weighted by Crippen LogP contribution is -1.82. The highest BCUT2D eigenvalue weighted by atomic mass is 79.9. The van der Waals surface area contributed by atoms with Crippen LogP contribution in [0.4, 0.5) is 0 Å². The summed E-state index contributed by atoms with van der Waals surface area (Å²) in [6, 6.07) is 13.0. The Morgan fingerprint density at radius 2 is 2.05 bits per heavy atom. The molecular weight excluding hydrogens is 326 g/mol. The quantitative estimate of drug-likeness (QED) is 0.712. The van der Waals surface area contributed by atoms with Crippen LogP contribution in [0.15, 0.2) is 40.9 Å². The van der Waals surface area contributed by atoms with E-state index < -0.39 is 0 Å². The van der Waals surface area contributed by atoms with Gasteiger partial charge in [0.25, 0.3) is 0 Å². The first-order chi connectivity index (χ1) is 9.17. The van der Waals surface area contributed by atoms with E-state index in [4.69, 9.17) is 16.9 Å². The first-order valence-corrected chi connectivity index (χ1v) is 6.70. The molecule has 0 aliphatic heterocycles. The molecule has 2 aromatic carbocycles. The van der Waals surface area contributed by atoms with Crippen molar-refractivity contribution < 1.29 is 0 Å². The molecule has 19 heavy (non-hydrogen) atoms. The van der Waals surface area contributed by atoms with Gasteiger partial charge in [0.1, 0.15) is 5.82 Å². The van der Waals surface area contributed by atoms with Gasteiger partial charge in [-0.05, 0) is 36.4 Å². The molecule has 0 saturated heterocycles. The van der Waals surface area contributed by atoms with Crippen molar-refractivity contribution in [2.45, 2.75) is 0 Å². The number of aromatic nitrogens is 2. The molecular formula is C14H7BrClN3. The summed E-state index contributed by atoms with van der Waals surface area (Å²) in [5.74, 6) is 0.691. The largest absolute Gasteiger partial charge is 0.338 e. The van der Waals surface area contributed by atoms with E-state index in [2.05, 4.69) is 32.0 Å². The summed E-state index contributed by atoms with van der Waals surface area (Å²) < 4.78 is 0.935. The molecule has 3 nitrogen and oxygen atoms in total. The molecule has 0 aliphatic rings. The number of nitriles is 1. The minimum atomic E-state index is 0.600. The molecule has 3 aromatic rings. The van der Waals surface area contributed by atoms with E-state index in [1.165, 1.54) is 0 Å². The molecule has 0 aliphatic carbocycles. The van der Waals surface area contributed by atoms with Crippen LogP contribution in [0, 0.1) is 11.3 Å². The zero-order chi connectivity index (χ0) is 13.4. The Morgan fingerprint density at radius 3 is 2.84 bits per heavy atom. The molecule has 0 atom stereocenters. The van der Waals surface area contributed by atoms with E-state index >= 15 is 0 Å². The Morgan fingerprint density at radius 1 is 1.21 bits per heavy atom. The summed E-state index contributed by atoms with van der Waals surface area (Å²) in [4.78, 5) is 7.68. The molecule has 3 rings (SSSR count). The Balaban J connectivity index is 2.21. The van der Waals surface area contributed by atoms with E-state index in [1.807, 2.05) is 24.3 Å². The number of nitrogens with one attached hydrogen (secondary N) is 1. The summed E-state index contributed by atoms with van der Waals surface area (Å²) in [6.07, 6.45) is 0. The fourth-order valence-corrected chi connectivity index (χ4v) is 2.45. The van der Waals surface area contributed by atoms with Crippen molar-refractivity contribution in [3.63, 3.8) is 0 Å². The summed E-state index contributed by atoms with van der Waals surface area (Å²) >= 11 is 9.60. The van der Waals surface area contributed by atoms with E-state index in [-0.39, 0.29) is 0 Å². The van der Waals surface area contributed by atoms with Crippen LogP contribution >= 0.6 is 27.5 Å². The van der Waals surface area contributed by atoms with Gasteiger partial charge < -0.3 is 4.98 Å².